The van der Waals surface area contributed by atoms with Crippen LogP contribution >= 0.6 is 0 Å². The maximum absolute atomic E-state index is 10.7. The lowest BCUT2D eigenvalue weighted by atomic mass is 10.6. The van der Waals surface area contributed by atoms with Gasteiger partial charge in [0.25, 0.3) is 0 Å². The normalized spacial score (nSPS) is 18.1. The molecule has 0 bridgehead atoms. The van der Waals surface area contributed by atoms with Crippen molar-refractivity contribution in [3.05, 3.63) is 12.4 Å². The van der Waals surface area contributed by atoms with Crippen LogP contribution in [0.15, 0.2) is 17.4 Å². The van der Waals surface area contributed by atoms with E-state index < -0.39 is 0 Å². The molecule has 0 fully saturated rings. The highest BCUT2D eigenvalue weighted by Crippen LogP contribution is 1.94. The molecule has 9 heavy (non-hydrogen) atoms. The molecular weight excluding hydrogens is 118 g/mol. The Morgan fingerprint density at radius 1 is 1.89 bits per heavy atom. The molecule has 48 valence electrons. The summed E-state index contributed by atoms with van der Waals surface area (Å²) in [6.45, 7) is 3.44. The van der Waals surface area contributed by atoms with Crippen LogP contribution in [0.25, 0.3) is 0 Å². The first-order valence-corrected chi connectivity index (χ1v) is 2.47. The Balaban J connectivity index is 2.76. The molecule has 0 saturated carbocycles. The van der Waals surface area contributed by atoms with Gasteiger partial charge in [-0.2, -0.15) is 0 Å². The van der Waals surface area contributed by atoms with E-state index in [0.717, 1.165) is 0 Å². The van der Waals surface area contributed by atoms with E-state index in [4.69, 9.17) is 0 Å². The van der Waals surface area contributed by atoms with Crippen LogP contribution in [0.4, 0.5) is 4.79 Å². The molecule has 0 unspecified atom stereocenters. The molecule has 0 aliphatic carbocycles. The molecule has 4 nitrogen and oxygen atoms in total. The zero-order valence-corrected chi connectivity index (χ0v) is 5.09. The number of hydrogen-bond acceptors (Lipinski definition) is 2. The fourth-order valence-electron chi connectivity index (χ4n) is 0.453. The molecule has 0 aromatic rings. The van der Waals surface area contributed by atoms with Gasteiger partial charge >= 0.3 is 6.03 Å². The van der Waals surface area contributed by atoms with Crippen molar-refractivity contribution in [2.45, 2.75) is 0 Å². The smallest absolute Gasteiger partial charge is 0.292 e. The largest absolute Gasteiger partial charge is 0.327 e. The number of nitrogens with one attached hydrogen (secondary N) is 1. The Kier molecular flexibility index (Phi) is 1.22. The molecule has 0 aromatic carbocycles. The quantitative estimate of drug-likeness (QED) is 0.491. The zero-order chi connectivity index (χ0) is 6.85. The number of carbonyl (C=O) groups is 1. The average molecular weight is 125 g/mol. The number of urea groups is 1. The third-order valence-corrected chi connectivity index (χ3v) is 0.958. The lowest BCUT2D eigenvalue weighted by molar-refractivity contribution is 0.228. The lowest BCUT2D eigenvalue weighted by Crippen LogP contribution is -2.38. The molecule has 1 heterocycles. The maximum atomic E-state index is 10.7. The fourth-order valence-corrected chi connectivity index (χ4v) is 0.453. The van der Waals surface area contributed by atoms with Gasteiger partial charge in [-0.15, -0.1) is 0 Å². The van der Waals surface area contributed by atoms with Crippen molar-refractivity contribution in [1.29, 1.82) is 0 Å². The van der Waals surface area contributed by atoms with Gasteiger partial charge in [-0.25, -0.2) is 9.79 Å². The van der Waals surface area contributed by atoms with Crippen LogP contribution in [0, 0.1) is 0 Å². The van der Waals surface area contributed by atoms with Crippen molar-refractivity contribution >= 4 is 12.4 Å². The highest BCUT2D eigenvalue weighted by atomic mass is 16.2. The fraction of sp³-hybridized carbons (Fsp3) is 0.200. The van der Waals surface area contributed by atoms with E-state index in [1.807, 2.05) is 0 Å². The van der Waals surface area contributed by atoms with Crippen molar-refractivity contribution in [1.82, 2.24) is 10.2 Å². The van der Waals surface area contributed by atoms with E-state index in [-0.39, 0.29) is 6.03 Å². The molecule has 0 aromatic heterocycles. The van der Waals surface area contributed by atoms with Crippen LogP contribution in [0.1, 0.15) is 0 Å². The lowest BCUT2D eigenvalue weighted by Gasteiger charge is -2.16. The standard InChI is InChI=1S/C5H7N3O/c1-4-6-3-8(2)5(9)7-4/h3H,1H2,2H3,(H,7,9). The summed E-state index contributed by atoms with van der Waals surface area (Å²) in [4.78, 5) is 15.7. The zero-order valence-electron chi connectivity index (χ0n) is 5.09. The Morgan fingerprint density at radius 2 is 2.56 bits per heavy atom. The van der Waals surface area contributed by atoms with Gasteiger partial charge in [0, 0.05) is 7.05 Å². The highest BCUT2D eigenvalue weighted by molar-refractivity contribution is 5.89. The Morgan fingerprint density at radius 3 is 3.00 bits per heavy atom. The second-order valence-electron chi connectivity index (χ2n) is 1.73. The van der Waals surface area contributed by atoms with E-state index in [9.17, 15) is 4.79 Å². The van der Waals surface area contributed by atoms with Crippen LogP contribution < -0.4 is 5.32 Å². The molecular formula is C5H7N3O. The predicted octanol–water partition coefficient (Wildman–Crippen LogP) is 0.141. The summed E-state index contributed by atoms with van der Waals surface area (Å²) in [6.07, 6.45) is 1.42. The van der Waals surface area contributed by atoms with Gasteiger partial charge in [0.15, 0.2) is 0 Å². The third kappa shape index (κ3) is 1.07. The molecule has 4 heteroatoms. The van der Waals surface area contributed by atoms with Crippen LogP contribution in [0.5, 0.6) is 0 Å². The molecule has 1 N–H and O–H groups in total. The monoisotopic (exact) mass is 125 g/mol. The first-order chi connectivity index (χ1) is 4.20. The maximum Gasteiger partial charge on any atom is 0.327 e. The van der Waals surface area contributed by atoms with Gasteiger partial charge in [-0.1, -0.05) is 6.58 Å². The van der Waals surface area contributed by atoms with Gasteiger partial charge in [0.1, 0.15) is 12.2 Å². The van der Waals surface area contributed by atoms with Crippen LogP contribution in [0.3, 0.4) is 0 Å². The number of aliphatic imine (C=N–C) groups is 1. The topological polar surface area (TPSA) is 44.7 Å². The first kappa shape index (κ1) is 5.81. The minimum absolute atomic E-state index is 0.199. The summed E-state index contributed by atoms with van der Waals surface area (Å²) in [5.41, 5.74) is 0. The van der Waals surface area contributed by atoms with Gasteiger partial charge < -0.3 is 0 Å². The average Bonchev–Trinajstić information content (AvgIpc) is 1.80. The number of carbonyl (C=O) groups excluding carboxylic acids is 1. The number of amides is 2. The van der Waals surface area contributed by atoms with E-state index >= 15 is 0 Å². The number of hydrogen-bond donors (Lipinski definition) is 1. The minimum atomic E-state index is -0.199. The van der Waals surface area contributed by atoms with Crippen LogP contribution in [0.2, 0.25) is 0 Å². The van der Waals surface area contributed by atoms with Crippen molar-refractivity contribution in [3.8, 4) is 0 Å². The van der Waals surface area contributed by atoms with E-state index in [1.54, 1.807) is 7.05 Å². The predicted molar refractivity (Wildman–Crippen MR) is 33.9 cm³/mol. The summed E-state index contributed by atoms with van der Waals surface area (Å²) < 4.78 is 0. The highest BCUT2D eigenvalue weighted by Gasteiger charge is 2.09. The van der Waals surface area contributed by atoms with Gasteiger partial charge in [-0.05, 0) is 0 Å². The number of rotatable bonds is 0. The van der Waals surface area contributed by atoms with E-state index in [1.165, 1.54) is 11.2 Å². The second kappa shape index (κ2) is 1.89. The molecule has 0 spiro atoms. The van der Waals surface area contributed by atoms with Crippen molar-refractivity contribution in [2.24, 2.45) is 4.99 Å². The summed E-state index contributed by atoms with van der Waals surface area (Å²) >= 11 is 0. The number of nitrogens with zero attached hydrogens (tertiary/aromatic N) is 2. The van der Waals surface area contributed by atoms with Crippen LogP contribution in [-0.2, 0) is 0 Å². The molecule has 1 aliphatic rings. The van der Waals surface area contributed by atoms with Crippen molar-refractivity contribution in [2.75, 3.05) is 7.05 Å². The Bertz CT molecular complexity index is 185. The van der Waals surface area contributed by atoms with Crippen LogP contribution in [-0.4, -0.2) is 24.3 Å². The third-order valence-electron chi connectivity index (χ3n) is 0.958. The van der Waals surface area contributed by atoms with Gasteiger partial charge in [0.2, 0.25) is 0 Å². The summed E-state index contributed by atoms with van der Waals surface area (Å²) in [7, 11) is 1.62. The minimum Gasteiger partial charge on any atom is -0.292 e. The Hall–Kier alpha value is -1.32. The summed E-state index contributed by atoms with van der Waals surface area (Å²) in [6, 6.07) is -0.199. The van der Waals surface area contributed by atoms with Gasteiger partial charge in [-0.3, -0.25) is 10.2 Å². The van der Waals surface area contributed by atoms with E-state index in [2.05, 4.69) is 16.9 Å². The van der Waals surface area contributed by atoms with E-state index in [0.29, 0.717) is 5.82 Å². The first-order valence-electron chi connectivity index (χ1n) is 2.47. The van der Waals surface area contributed by atoms with Gasteiger partial charge in [0.05, 0.1) is 0 Å². The van der Waals surface area contributed by atoms with Crippen molar-refractivity contribution in [3.63, 3.8) is 0 Å². The molecule has 2 amide bonds. The molecule has 0 atom stereocenters. The second-order valence-corrected chi connectivity index (χ2v) is 1.73. The SMILES string of the molecule is C=C1N=CN(C)C(=O)N1. The molecule has 0 saturated heterocycles. The molecule has 1 aliphatic heterocycles. The summed E-state index contributed by atoms with van der Waals surface area (Å²) in [5.74, 6) is 0.387. The van der Waals surface area contributed by atoms with Crippen molar-refractivity contribution < 1.29 is 4.79 Å². The molecule has 0 radical (unpaired) electrons. The Labute approximate surface area is 52.9 Å². The molecule has 1 rings (SSSR count). The summed E-state index contributed by atoms with van der Waals surface area (Å²) in [5, 5.41) is 2.42.